The lowest BCUT2D eigenvalue weighted by Crippen LogP contribution is -2.30. The molecule has 0 aliphatic rings. The molecule has 3 aromatic rings. The van der Waals surface area contributed by atoms with E-state index in [4.69, 9.17) is 13.9 Å². The maximum atomic E-state index is 12.6. The monoisotopic (exact) mass is 458 g/mol. The van der Waals surface area contributed by atoms with Gasteiger partial charge in [-0.05, 0) is 31.5 Å². The van der Waals surface area contributed by atoms with E-state index in [0.717, 1.165) is 22.6 Å². The van der Waals surface area contributed by atoms with Crippen molar-refractivity contribution in [1.82, 2.24) is 0 Å². The largest absolute Gasteiger partial charge is 0.462 e. The molecule has 32 heavy (non-hydrogen) atoms. The van der Waals surface area contributed by atoms with E-state index < -0.39 is 40.5 Å². The third-order valence-corrected chi connectivity index (χ3v) is 5.25. The van der Waals surface area contributed by atoms with Crippen LogP contribution < -0.4 is 5.32 Å². The highest BCUT2D eigenvalue weighted by atomic mass is 32.1. The maximum Gasteiger partial charge on any atom is 0.433 e. The van der Waals surface area contributed by atoms with Gasteiger partial charge in [-0.3, -0.25) is 14.9 Å². The van der Waals surface area contributed by atoms with Gasteiger partial charge in [0.2, 0.25) is 5.76 Å². The molecule has 2 heterocycles. The van der Waals surface area contributed by atoms with Crippen LogP contribution in [0.3, 0.4) is 0 Å². The van der Waals surface area contributed by atoms with Crippen molar-refractivity contribution in [2.24, 2.45) is 0 Å². The minimum Gasteiger partial charge on any atom is -0.462 e. The number of rotatable bonds is 8. The van der Waals surface area contributed by atoms with Crippen molar-refractivity contribution in [3.05, 3.63) is 70.0 Å². The van der Waals surface area contributed by atoms with Gasteiger partial charge in [-0.1, -0.05) is 30.3 Å². The Morgan fingerprint density at radius 3 is 2.50 bits per heavy atom. The molecular weight excluding hydrogens is 440 g/mol. The first kappa shape index (κ1) is 22.7. The van der Waals surface area contributed by atoms with E-state index in [-0.39, 0.29) is 17.2 Å². The van der Waals surface area contributed by atoms with E-state index >= 15 is 0 Å². The number of furan rings is 1. The summed E-state index contributed by atoms with van der Waals surface area (Å²) in [7, 11) is 0. The van der Waals surface area contributed by atoms with Crippen LogP contribution in [0, 0.1) is 10.1 Å². The first-order valence-corrected chi connectivity index (χ1v) is 10.2. The average molecular weight is 458 g/mol. The number of nitrogens with zero attached hydrogens (tertiary/aromatic N) is 1. The number of hydrogen-bond acceptors (Lipinski definition) is 9. The lowest BCUT2D eigenvalue weighted by Gasteiger charge is -2.12. The zero-order valence-electron chi connectivity index (χ0n) is 17.0. The summed E-state index contributed by atoms with van der Waals surface area (Å²) in [6.07, 6.45) is -1.27. The maximum absolute atomic E-state index is 12.6. The summed E-state index contributed by atoms with van der Waals surface area (Å²) in [4.78, 5) is 47.7. The Kier molecular flexibility index (Phi) is 7.00. The standard InChI is InChI=1S/C21H18N2O8S/c1-3-29-20(25)14-11-16(13-7-5-4-6-8-13)32-19(14)22-18(24)12(2)30-21(26)15-9-10-17(31-15)23(27)28/h4-12H,3H2,1-2H3,(H,22,24). The molecule has 0 radical (unpaired) electrons. The minimum atomic E-state index is -1.27. The third-order valence-electron chi connectivity index (χ3n) is 4.15. The number of anilines is 1. The molecule has 3 rings (SSSR count). The first-order valence-electron chi connectivity index (χ1n) is 9.42. The van der Waals surface area contributed by atoms with Crippen LogP contribution in [-0.2, 0) is 14.3 Å². The average Bonchev–Trinajstić information content (AvgIpc) is 3.42. The van der Waals surface area contributed by atoms with Gasteiger partial charge in [-0.2, -0.15) is 0 Å². The summed E-state index contributed by atoms with van der Waals surface area (Å²) in [6, 6.07) is 13.0. The summed E-state index contributed by atoms with van der Waals surface area (Å²) in [6.45, 7) is 3.15. The number of amides is 1. The van der Waals surface area contributed by atoms with Crippen LogP contribution in [0.15, 0.2) is 52.9 Å². The summed E-state index contributed by atoms with van der Waals surface area (Å²) < 4.78 is 14.9. The van der Waals surface area contributed by atoms with Crippen LogP contribution in [0.4, 0.5) is 10.9 Å². The fourth-order valence-electron chi connectivity index (χ4n) is 2.61. The van der Waals surface area contributed by atoms with Crippen LogP contribution in [0.5, 0.6) is 0 Å². The Labute approximate surface area is 185 Å². The number of carbonyl (C=O) groups excluding carboxylic acids is 3. The van der Waals surface area contributed by atoms with Crippen LogP contribution in [0.25, 0.3) is 10.4 Å². The molecule has 0 saturated heterocycles. The van der Waals surface area contributed by atoms with Gasteiger partial charge in [0.15, 0.2) is 6.10 Å². The van der Waals surface area contributed by atoms with Gasteiger partial charge in [0.1, 0.15) is 9.92 Å². The number of ether oxygens (including phenoxy) is 2. The minimum absolute atomic E-state index is 0.159. The quantitative estimate of drug-likeness (QED) is 0.300. The fourth-order valence-corrected chi connectivity index (χ4v) is 3.66. The number of carbonyl (C=O) groups is 3. The normalized spacial score (nSPS) is 11.4. The van der Waals surface area contributed by atoms with Crippen LogP contribution in [-0.4, -0.2) is 35.5 Å². The van der Waals surface area contributed by atoms with Crippen LogP contribution in [0.1, 0.15) is 34.8 Å². The highest BCUT2D eigenvalue weighted by molar-refractivity contribution is 7.20. The molecule has 0 spiro atoms. The summed E-state index contributed by atoms with van der Waals surface area (Å²) in [5.41, 5.74) is 1.02. The van der Waals surface area contributed by atoms with Crippen molar-refractivity contribution in [3.63, 3.8) is 0 Å². The molecule has 10 nitrogen and oxygen atoms in total. The van der Waals surface area contributed by atoms with Gasteiger partial charge >= 0.3 is 17.8 Å². The molecule has 1 atom stereocenters. The Bertz CT molecular complexity index is 1150. The second kappa shape index (κ2) is 9.88. The molecule has 0 saturated carbocycles. The van der Waals surface area contributed by atoms with Crippen molar-refractivity contribution in [3.8, 4) is 10.4 Å². The van der Waals surface area contributed by atoms with Gasteiger partial charge in [-0.25, -0.2) is 9.59 Å². The summed E-state index contributed by atoms with van der Waals surface area (Å²) in [5.74, 6) is -3.38. The molecule has 166 valence electrons. The van der Waals surface area contributed by atoms with E-state index in [1.165, 1.54) is 18.3 Å². The van der Waals surface area contributed by atoms with Crippen molar-refractivity contribution in [2.45, 2.75) is 20.0 Å². The fraction of sp³-hybridized carbons (Fsp3) is 0.190. The van der Waals surface area contributed by atoms with Gasteiger partial charge in [0, 0.05) is 4.88 Å². The summed E-state index contributed by atoms with van der Waals surface area (Å²) in [5, 5.41) is 13.5. The lowest BCUT2D eigenvalue weighted by atomic mass is 10.1. The molecule has 2 aromatic heterocycles. The molecule has 0 bridgehead atoms. The van der Waals surface area contributed by atoms with Crippen molar-refractivity contribution in [1.29, 1.82) is 0 Å². The SMILES string of the molecule is CCOC(=O)c1cc(-c2ccccc2)sc1NC(=O)C(C)OC(=O)c1ccc([N+](=O)[O-])o1. The van der Waals surface area contributed by atoms with E-state index in [0.29, 0.717) is 0 Å². The molecule has 11 heteroatoms. The number of hydrogen-bond donors (Lipinski definition) is 1. The van der Waals surface area contributed by atoms with Crippen molar-refractivity contribution < 1.29 is 33.2 Å². The molecule has 1 amide bonds. The number of esters is 2. The molecule has 1 unspecified atom stereocenters. The number of thiophene rings is 1. The van der Waals surface area contributed by atoms with Gasteiger partial charge in [0.25, 0.3) is 5.91 Å². The second-order valence-corrected chi connectivity index (χ2v) is 7.42. The van der Waals surface area contributed by atoms with Crippen LogP contribution in [0.2, 0.25) is 0 Å². The molecular formula is C21H18N2O8S. The van der Waals surface area contributed by atoms with Crippen molar-refractivity contribution >= 4 is 40.1 Å². The topological polar surface area (TPSA) is 138 Å². The number of nitrogens with one attached hydrogen (secondary N) is 1. The zero-order chi connectivity index (χ0) is 23.3. The predicted molar refractivity (Wildman–Crippen MR) is 115 cm³/mol. The predicted octanol–water partition coefficient (Wildman–Crippen LogP) is 4.28. The highest BCUT2D eigenvalue weighted by Gasteiger charge is 2.26. The Morgan fingerprint density at radius 2 is 1.88 bits per heavy atom. The number of benzene rings is 1. The Hall–Kier alpha value is -3.99. The molecule has 0 aliphatic heterocycles. The zero-order valence-corrected chi connectivity index (χ0v) is 17.8. The smallest absolute Gasteiger partial charge is 0.433 e. The third kappa shape index (κ3) is 5.19. The first-order chi connectivity index (χ1) is 15.3. The van der Waals surface area contributed by atoms with E-state index in [9.17, 15) is 24.5 Å². The van der Waals surface area contributed by atoms with Gasteiger partial charge in [-0.15, -0.1) is 11.3 Å². The van der Waals surface area contributed by atoms with E-state index in [1.54, 1.807) is 13.0 Å². The van der Waals surface area contributed by atoms with E-state index in [2.05, 4.69) is 5.32 Å². The van der Waals surface area contributed by atoms with Crippen LogP contribution >= 0.6 is 11.3 Å². The highest BCUT2D eigenvalue weighted by Crippen LogP contribution is 2.36. The van der Waals surface area contributed by atoms with E-state index in [1.807, 2.05) is 30.3 Å². The molecule has 0 fully saturated rings. The molecule has 1 N–H and O–H groups in total. The lowest BCUT2D eigenvalue weighted by molar-refractivity contribution is -0.402. The molecule has 0 aliphatic carbocycles. The Morgan fingerprint density at radius 1 is 1.16 bits per heavy atom. The second-order valence-electron chi connectivity index (χ2n) is 6.37. The van der Waals surface area contributed by atoms with Gasteiger partial charge < -0.3 is 19.2 Å². The molecule has 1 aromatic carbocycles. The van der Waals surface area contributed by atoms with Gasteiger partial charge in [0.05, 0.1) is 18.2 Å². The Balaban J connectivity index is 1.76. The summed E-state index contributed by atoms with van der Waals surface area (Å²) >= 11 is 1.17. The van der Waals surface area contributed by atoms with Crippen molar-refractivity contribution in [2.75, 3.05) is 11.9 Å². The number of nitro groups is 1.